The zero-order valence-electron chi connectivity index (χ0n) is 18.5. The standard InChI is InChI=1S/C22H21F3N8OS/c1-26-19(34)11-6-12(8-27-7-11)31-21-30-10-15(22(23,24)25)17(33-21)14-9-29-18-13(14)2-3-16(32-18)20-28-4-5-35-20/h2-5,9-12,27H,6-8H2,1H3,(H,26,34)(H,29,32)(H,30,31,33). The number of fused-ring (bicyclic) bond motifs is 1. The molecule has 4 aromatic heterocycles. The highest BCUT2D eigenvalue weighted by molar-refractivity contribution is 7.13. The number of piperidine rings is 1. The smallest absolute Gasteiger partial charge is 0.359 e. The third-order valence-electron chi connectivity index (χ3n) is 5.84. The average Bonchev–Trinajstić information content (AvgIpc) is 3.53. The molecule has 182 valence electrons. The summed E-state index contributed by atoms with van der Waals surface area (Å²) in [5.41, 5.74) is 0.117. The topological polar surface area (TPSA) is 121 Å². The van der Waals surface area contributed by atoms with Crippen LogP contribution in [0.3, 0.4) is 0 Å². The van der Waals surface area contributed by atoms with Crippen LogP contribution in [0.4, 0.5) is 19.1 Å². The Bertz CT molecular complexity index is 1350. The Kier molecular flexibility index (Phi) is 6.11. The van der Waals surface area contributed by atoms with Crippen molar-refractivity contribution in [1.82, 2.24) is 35.6 Å². The molecular weight excluding hydrogens is 481 g/mol. The summed E-state index contributed by atoms with van der Waals surface area (Å²) in [6.45, 7) is 1.06. The zero-order valence-corrected chi connectivity index (χ0v) is 19.3. The molecule has 0 aliphatic carbocycles. The van der Waals surface area contributed by atoms with Crippen LogP contribution in [0.5, 0.6) is 0 Å². The molecule has 0 saturated carbocycles. The molecule has 9 nitrogen and oxygen atoms in total. The van der Waals surface area contributed by atoms with Crippen molar-refractivity contribution in [2.45, 2.75) is 18.6 Å². The Morgan fingerprint density at radius 1 is 1.20 bits per heavy atom. The number of carbonyl (C=O) groups is 1. The number of amides is 1. The predicted octanol–water partition coefficient (Wildman–Crippen LogP) is 3.30. The van der Waals surface area contributed by atoms with Crippen LogP contribution in [0.2, 0.25) is 0 Å². The summed E-state index contributed by atoms with van der Waals surface area (Å²) in [6.07, 6.45) is -0.233. The highest BCUT2D eigenvalue weighted by atomic mass is 32.1. The molecule has 1 fully saturated rings. The van der Waals surface area contributed by atoms with E-state index in [1.54, 1.807) is 25.4 Å². The number of H-pyrrole nitrogens is 1. The third-order valence-corrected chi connectivity index (χ3v) is 6.64. The van der Waals surface area contributed by atoms with Gasteiger partial charge in [-0.15, -0.1) is 11.3 Å². The number of aromatic nitrogens is 5. The van der Waals surface area contributed by atoms with Crippen LogP contribution in [0.1, 0.15) is 12.0 Å². The minimum atomic E-state index is -4.65. The van der Waals surface area contributed by atoms with Crippen LogP contribution in [0, 0.1) is 5.92 Å². The van der Waals surface area contributed by atoms with E-state index < -0.39 is 11.7 Å². The number of nitrogens with one attached hydrogen (secondary N) is 4. The molecule has 0 spiro atoms. The number of nitrogens with zero attached hydrogens (tertiary/aromatic N) is 4. The van der Waals surface area contributed by atoms with E-state index in [0.29, 0.717) is 41.2 Å². The largest absolute Gasteiger partial charge is 0.419 e. The number of carbonyl (C=O) groups excluding carboxylic acids is 1. The summed E-state index contributed by atoms with van der Waals surface area (Å²) >= 11 is 1.42. The van der Waals surface area contributed by atoms with Crippen LogP contribution in [0.15, 0.2) is 36.1 Å². The molecule has 4 aromatic rings. The van der Waals surface area contributed by atoms with Crippen LogP contribution in [-0.4, -0.2) is 57.0 Å². The van der Waals surface area contributed by atoms with Gasteiger partial charge < -0.3 is 20.9 Å². The summed E-state index contributed by atoms with van der Waals surface area (Å²) < 4.78 is 41.6. The molecule has 1 aliphatic rings. The zero-order chi connectivity index (χ0) is 24.6. The van der Waals surface area contributed by atoms with Gasteiger partial charge in [0.15, 0.2) is 0 Å². The molecule has 0 aromatic carbocycles. The van der Waals surface area contributed by atoms with E-state index in [9.17, 15) is 18.0 Å². The Morgan fingerprint density at radius 2 is 2.06 bits per heavy atom. The van der Waals surface area contributed by atoms with Gasteiger partial charge in [0.2, 0.25) is 11.9 Å². The number of hydrogen-bond acceptors (Lipinski definition) is 8. The predicted molar refractivity (Wildman–Crippen MR) is 126 cm³/mol. The molecule has 2 atom stereocenters. The van der Waals surface area contributed by atoms with Gasteiger partial charge in [0, 0.05) is 61.1 Å². The number of thiazole rings is 1. The first-order valence-electron chi connectivity index (χ1n) is 10.8. The molecule has 5 heterocycles. The summed E-state index contributed by atoms with van der Waals surface area (Å²) in [5.74, 6) is -0.299. The monoisotopic (exact) mass is 502 g/mol. The number of halogens is 3. The molecule has 4 N–H and O–H groups in total. The molecule has 13 heteroatoms. The Morgan fingerprint density at radius 3 is 2.80 bits per heavy atom. The first-order chi connectivity index (χ1) is 16.8. The fourth-order valence-corrected chi connectivity index (χ4v) is 4.78. The SMILES string of the molecule is CNC(=O)C1CNCC(Nc2ncc(C(F)(F)F)c(-c3c[nH]c4nc(-c5nccs5)ccc34)n2)C1. The van der Waals surface area contributed by atoms with Crippen LogP contribution in [0.25, 0.3) is 33.0 Å². The van der Waals surface area contributed by atoms with Gasteiger partial charge in [-0.05, 0) is 18.6 Å². The van der Waals surface area contributed by atoms with Crippen molar-refractivity contribution in [2.24, 2.45) is 5.92 Å². The number of anilines is 1. The second-order valence-corrected chi connectivity index (χ2v) is 9.03. The van der Waals surface area contributed by atoms with E-state index >= 15 is 0 Å². The van der Waals surface area contributed by atoms with Crippen molar-refractivity contribution in [3.05, 3.63) is 41.7 Å². The maximum absolute atomic E-state index is 13.9. The molecule has 5 rings (SSSR count). The van der Waals surface area contributed by atoms with Crippen molar-refractivity contribution < 1.29 is 18.0 Å². The fourth-order valence-electron chi connectivity index (χ4n) is 4.17. The van der Waals surface area contributed by atoms with Gasteiger partial charge in [0.25, 0.3) is 0 Å². The van der Waals surface area contributed by atoms with Gasteiger partial charge in [-0.25, -0.2) is 19.9 Å². The van der Waals surface area contributed by atoms with Gasteiger partial charge in [0.05, 0.1) is 11.6 Å². The highest BCUT2D eigenvalue weighted by Gasteiger charge is 2.36. The lowest BCUT2D eigenvalue weighted by molar-refractivity contribution is -0.137. The van der Waals surface area contributed by atoms with Crippen molar-refractivity contribution >= 4 is 34.2 Å². The molecule has 2 unspecified atom stereocenters. The molecule has 0 radical (unpaired) electrons. The van der Waals surface area contributed by atoms with E-state index in [2.05, 4.69) is 40.9 Å². The minimum Gasteiger partial charge on any atom is -0.359 e. The Labute approximate surface area is 201 Å². The quantitative estimate of drug-likeness (QED) is 0.331. The molecule has 1 amide bonds. The Hall–Kier alpha value is -3.58. The maximum atomic E-state index is 13.9. The second kappa shape index (κ2) is 9.23. The summed E-state index contributed by atoms with van der Waals surface area (Å²) in [5, 5.41) is 11.9. The first kappa shape index (κ1) is 23.2. The lowest BCUT2D eigenvalue weighted by Gasteiger charge is -2.29. The molecular formula is C22H21F3N8OS. The number of rotatable bonds is 5. The van der Waals surface area contributed by atoms with Gasteiger partial charge in [-0.1, -0.05) is 0 Å². The van der Waals surface area contributed by atoms with Crippen molar-refractivity contribution in [3.8, 4) is 22.0 Å². The van der Waals surface area contributed by atoms with Crippen LogP contribution < -0.4 is 16.0 Å². The fraction of sp³-hybridized carbons (Fsp3) is 0.318. The lowest BCUT2D eigenvalue weighted by atomic mass is 9.95. The van der Waals surface area contributed by atoms with Crippen LogP contribution >= 0.6 is 11.3 Å². The number of hydrogen-bond donors (Lipinski definition) is 4. The van der Waals surface area contributed by atoms with Crippen LogP contribution in [-0.2, 0) is 11.0 Å². The normalized spacial score (nSPS) is 18.5. The average molecular weight is 503 g/mol. The maximum Gasteiger partial charge on any atom is 0.419 e. The van der Waals surface area contributed by atoms with Gasteiger partial charge in [-0.3, -0.25) is 4.79 Å². The van der Waals surface area contributed by atoms with E-state index in [1.165, 1.54) is 17.5 Å². The van der Waals surface area contributed by atoms with Gasteiger partial charge in [0.1, 0.15) is 21.9 Å². The molecule has 1 aliphatic heterocycles. The highest BCUT2D eigenvalue weighted by Crippen LogP contribution is 2.39. The van der Waals surface area contributed by atoms with Crippen molar-refractivity contribution in [1.29, 1.82) is 0 Å². The van der Waals surface area contributed by atoms with Gasteiger partial charge in [-0.2, -0.15) is 13.2 Å². The summed E-state index contributed by atoms with van der Waals surface area (Å²) in [7, 11) is 1.57. The lowest BCUT2D eigenvalue weighted by Crippen LogP contribution is -2.48. The van der Waals surface area contributed by atoms with Crippen molar-refractivity contribution in [3.63, 3.8) is 0 Å². The molecule has 0 bridgehead atoms. The molecule has 35 heavy (non-hydrogen) atoms. The van der Waals surface area contributed by atoms with Gasteiger partial charge >= 0.3 is 6.18 Å². The number of pyridine rings is 1. The second-order valence-electron chi connectivity index (χ2n) is 8.13. The Balaban J connectivity index is 1.50. The van der Waals surface area contributed by atoms with E-state index in [4.69, 9.17) is 0 Å². The summed E-state index contributed by atoms with van der Waals surface area (Å²) in [4.78, 5) is 31.9. The number of aromatic amines is 1. The van der Waals surface area contributed by atoms with E-state index in [-0.39, 0.29) is 35.1 Å². The first-order valence-corrected chi connectivity index (χ1v) is 11.7. The molecule has 1 saturated heterocycles. The van der Waals surface area contributed by atoms with E-state index in [1.807, 2.05) is 5.38 Å². The third kappa shape index (κ3) is 4.68. The number of alkyl halides is 3. The van der Waals surface area contributed by atoms with Crippen molar-refractivity contribution in [2.75, 3.05) is 25.5 Å². The van der Waals surface area contributed by atoms with E-state index in [0.717, 1.165) is 6.20 Å². The summed E-state index contributed by atoms with van der Waals surface area (Å²) in [6, 6.07) is 3.21. The minimum absolute atomic E-state index is 0.0547.